The van der Waals surface area contributed by atoms with Crippen LogP contribution in [-0.2, 0) is 0 Å². The van der Waals surface area contributed by atoms with E-state index < -0.39 is 0 Å². The number of thioether (sulfide) groups is 1. The molecule has 4 heteroatoms. The second-order valence-corrected chi connectivity index (χ2v) is 2.95. The monoisotopic (exact) mass is 171 g/mol. The van der Waals surface area contributed by atoms with Crippen molar-refractivity contribution in [3.8, 4) is 6.19 Å². The lowest BCUT2D eigenvalue weighted by atomic mass is 10.6. The van der Waals surface area contributed by atoms with Crippen LogP contribution in [0.4, 0.5) is 0 Å². The molecule has 0 aromatic heterocycles. The Bertz CT molecular complexity index is 160. The Kier molecular flexibility index (Phi) is 6.95. The van der Waals surface area contributed by atoms with Gasteiger partial charge in [0.05, 0.1) is 0 Å². The maximum atomic E-state index is 8.31. The summed E-state index contributed by atoms with van der Waals surface area (Å²) >= 11 is 1.59. The number of nitrogens with one attached hydrogen (secondary N) is 1. The van der Waals surface area contributed by atoms with Gasteiger partial charge < -0.3 is 0 Å². The van der Waals surface area contributed by atoms with Gasteiger partial charge in [-0.2, -0.15) is 5.26 Å². The second kappa shape index (κ2) is 7.42. The maximum absolute atomic E-state index is 8.31. The molecule has 62 valence electrons. The molecule has 0 aliphatic rings. The topological polar surface area (TPSA) is 48.2 Å². The fraction of sp³-hybridized carbons (Fsp3) is 0.714. The third kappa shape index (κ3) is 5.74. The number of hydrogen-bond acceptors (Lipinski definition) is 3. The Labute approximate surface area is 71.9 Å². The third-order valence-electron chi connectivity index (χ3n) is 0.907. The van der Waals surface area contributed by atoms with Crippen LogP contribution in [0.5, 0.6) is 0 Å². The molecule has 0 amide bonds. The number of amidine groups is 1. The van der Waals surface area contributed by atoms with Gasteiger partial charge in [-0.15, -0.1) is 0 Å². The lowest BCUT2D eigenvalue weighted by molar-refractivity contribution is 1.10. The summed E-state index contributed by atoms with van der Waals surface area (Å²) in [7, 11) is 0. The van der Waals surface area contributed by atoms with E-state index in [1.54, 1.807) is 11.8 Å². The van der Waals surface area contributed by atoms with E-state index in [2.05, 4.69) is 17.2 Å². The summed E-state index contributed by atoms with van der Waals surface area (Å²) in [5.41, 5.74) is 0. The highest BCUT2D eigenvalue weighted by Gasteiger charge is 1.95. The van der Waals surface area contributed by atoms with Crippen molar-refractivity contribution in [1.82, 2.24) is 5.32 Å². The molecule has 0 spiro atoms. The van der Waals surface area contributed by atoms with Crippen molar-refractivity contribution >= 4 is 16.9 Å². The minimum Gasteiger partial charge on any atom is -0.272 e. The predicted octanol–water partition coefficient (Wildman–Crippen LogP) is 1.58. The molecule has 0 aromatic rings. The molecule has 0 aromatic carbocycles. The summed E-state index contributed by atoms with van der Waals surface area (Å²) in [5, 5.41) is 11.6. The van der Waals surface area contributed by atoms with Crippen molar-refractivity contribution < 1.29 is 0 Å². The Balaban J connectivity index is 3.71. The normalized spacial score (nSPS) is 10.8. The Hall–Kier alpha value is -0.690. The van der Waals surface area contributed by atoms with Crippen molar-refractivity contribution in [3.63, 3.8) is 0 Å². The van der Waals surface area contributed by atoms with Gasteiger partial charge in [-0.05, 0) is 13.3 Å². The summed E-state index contributed by atoms with van der Waals surface area (Å²) < 4.78 is 0. The number of rotatable bonds is 3. The van der Waals surface area contributed by atoms with Crippen molar-refractivity contribution in [2.24, 2.45) is 4.99 Å². The standard InChI is InChI=1S/C7H13N3S/c1-3-5-11-7(9-4-2)10-6-8/h3-5H2,1-2H3,(H,9,10). The fourth-order valence-corrected chi connectivity index (χ4v) is 1.25. The predicted molar refractivity (Wildman–Crippen MR) is 49.5 cm³/mol. The Morgan fingerprint density at radius 1 is 1.64 bits per heavy atom. The molecule has 11 heavy (non-hydrogen) atoms. The minimum absolute atomic E-state index is 0.723. The van der Waals surface area contributed by atoms with E-state index in [0.29, 0.717) is 0 Å². The SMILES string of the molecule is CCCSC(=NCC)NC#N. The highest BCUT2D eigenvalue weighted by molar-refractivity contribution is 8.13. The Morgan fingerprint density at radius 3 is 2.82 bits per heavy atom. The van der Waals surface area contributed by atoms with E-state index in [4.69, 9.17) is 5.26 Å². The van der Waals surface area contributed by atoms with E-state index in [9.17, 15) is 0 Å². The van der Waals surface area contributed by atoms with Gasteiger partial charge in [0.25, 0.3) is 0 Å². The van der Waals surface area contributed by atoms with Gasteiger partial charge in [-0.1, -0.05) is 18.7 Å². The summed E-state index contributed by atoms with van der Waals surface area (Å²) in [5.74, 6) is 1.01. The average molecular weight is 171 g/mol. The first kappa shape index (κ1) is 10.3. The first-order valence-electron chi connectivity index (χ1n) is 3.67. The smallest absolute Gasteiger partial charge is 0.183 e. The zero-order valence-corrected chi connectivity index (χ0v) is 7.74. The molecule has 0 aliphatic heterocycles. The zero-order valence-electron chi connectivity index (χ0n) is 6.92. The van der Waals surface area contributed by atoms with E-state index in [1.165, 1.54) is 0 Å². The van der Waals surface area contributed by atoms with Crippen LogP contribution in [0, 0.1) is 11.5 Å². The van der Waals surface area contributed by atoms with Crippen LogP contribution in [0.25, 0.3) is 0 Å². The maximum Gasteiger partial charge on any atom is 0.183 e. The molecule has 0 aliphatic carbocycles. The Morgan fingerprint density at radius 2 is 2.36 bits per heavy atom. The lowest BCUT2D eigenvalue weighted by Gasteiger charge is -1.99. The van der Waals surface area contributed by atoms with Crippen molar-refractivity contribution in [1.29, 1.82) is 5.26 Å². The second-order valence-electron chi connectivity index (χ2n) is 1.86. The summed E-state index contributed by atoms with van der Waals surface area (Å²) in [4.78, 5) is 4.10. The zero-order chi connectivity index (χ0) is 8.53. The number of nitriles is 1. The van der Waals surface area contributed by atoms with E-state index in [1.807, 2.05) is 13.1 Å². The van der Waals surface area contributed by atoms with Gasteiger partial charge in [0.2, 0.25) is 0 Å². The quantitative estimate of drug-likeness (QED) is 0.303. The molecule has 0 heterocycles. The van der Waals surface area contributed by atoms with Crippen LogP contribution < -0.4 is 5.32 Å². The molecule has 0 atom stereocenters. The van der Waals surface area contributed by atoms with Gasteiger partial charge in [0.15, 0.2) is 11.4 Å². The summed E-state index contributed by atoms with van der Waals surface area (Å²) in [6.45, 7) is 4.77. The van der Waals surface area contributed by atoms with Gasteiger partial charge >= 0.3 is 0 Å². The molecular weight excluding hydrogens is 158 g/mol. The number of nitrogens with zero attached hydrogens (tertiary/aromatic N) is 2. The molecule has 1 N–H and O–H groups in total. The van der Waals surface area contributed by atoms with Crippen LogP contribution >= 0.6 is 11.8 Å². The van der Waals surface area contributed by atoms with Gasteiger partial charge in [-0.25, -0.2) is 0 Å². The van der Waals surface area contributed by atoms with Crippen LogP contribution in [0.3, 0.4) is 0 Å². The lowest BCUT2D eigenvalue weighted by Crippen LogP contribution is -2.14. The average Bonchev–Trinajstić information content (AvgIpc) is 2.01. The van der Waals surface area contributed by atoms with Gasteiger partial charge in [-0.3, -0.25) is 10.3 Å². The van der Waals surface area contributed by atoms with E-state index >= 15 is 0 Å². The number of aliphatic imine (C=N–C) groups is 1. The molecule has 0 fully saturated rings. The molecular formula is C7H13N3S. The van der Waals surface area contributed by atoms with Gasteiger partial charge in [0.1, 0.15) is 0 Å². The highest BCUT2D eigenvalue weighted by Crippen LogP contribution is 2.02. The van der Waals surface area contributed by atoms with Crippen LogP contribution in [-0.4, -0.2) is 17.5 Å². The molecule has 0 radical (unpaired) electrons. The molecule has 0 unspecified atom stereocenters. The molecule has 0 rings (SSSR count). The molecule has 0 saturated heterocycles. The van der Waals surface area contributed by atoms with Crippen LogP contribution in [0.2, 0.25) is 0 Å². The summed E-state index contributed by atoms with van der Waals surface area (Å²) in [6, 6.07) is 0. The molecule has 3 nitrogen and oxygen atoms in total. The van der Waals surface area contributed by atoms with Gasteiger partial charge in [0, 0.05) is 12.3 Å². The molecule has 0 saturated carbocycles. The van der Waals surface area contributed by atoms with E-state index in [-0.39, 0.29) is 0 Å². The van der Waals surface area contributed by atoms with E-state index in [0.717, 1.165) is 23.9 Å². The van der Waals surface area contributed by atoms with Crippen molar-refractivity contribution in [3.05, 3.63) is 0 Å². The largest absolute Gasteiger partial charge is 0.272 e. The van der Waals surface area contributed by atoms with Crippen LogP contribution in [0.15, 0.2) is 4.99 Å². The first-order chi connectivity index (χ1) is 5.35. The first-order valence-corrected chi connectivity index (χ1v) is 4.66. The third-order valence-corrected chi connectivity index (χ3v) is 2.02. The minimum atomic E-state index is 0.723. The fourth-order valence-electron chi connectivity index (χ4n) is 0.511. The highest BCUT2D eigenvalue weighted by atomic mass is 32.2. The summed E-state index contributed by atoms with van der Waals surface area (Å²) in [6.07, 6.45) is 2.96. The van der Waals surface area contributed by atoms with Crippen molar-refractivity contribution in [2.45, 2.75) is 20.3 Å². The number of hydrogen-bond donors (Lipinski definition) is 1. The molecule has 0 bridgehead atoms. The van der Waals surface area contributed by atoms with Crippen LogP contribution in [0.1, 0.15) is 20.3 Å². The van der Waals surface area contributed by atoms with Crippen molar-refractivity contribution in [2.75, 3.05) is 12.3 Å².